The van der Waals surface area contributed by atoms with Gasteiger partial charge in [0.15, 0.2) is 0 Å². The molecular weight excluding hydrogens is 309 g/mol. The molecule has 1 aliphatic heterocycles. The van der Waals surface area contributed by atoms with Crippen LogP contribution >= 0.6 is 15.9 Å². The van der Waals surface area contributed by atoms with Crippen molar-refractivity contribution < 1.29 is 9.13 Å². The highest BCUT2D eigenvalue weighted by atomic mass is 79.9. The van der Waals surface area contributed by atoms with Gasteiger partial charge in [-0.3, -0.25) is 0 Å². The summed E-state index contributed by atoms with van der Waals surface area (Å²) >= 11 is 3.42. The molecule has 106 valence electrons. The molecule has 0 saturated carbocycles. The van der Waals surface area contributed by atoms with E-state index in [4.69, 9.17) is 4.74 Å². The molecule has 0 aliphatic carbocycles. The van der Waals surface area contributed by atoms with Crippen molar-refractivity contribution in [1.82, 2.24) is 5.32 Å². The summed E-state index contributed by atoms with van der Waals surface area (Å²) in [7, 11) is 0. The number of hydrogen-bond acceptors (Lipinski definition) is 2. The molecule has 1 N–H and O–H groups in total. The second kappa shape index (κ2) is 6.82. The quantitative estimate of drug-likeness (QED) is 0.892. The summed E-state index contributed by atoms with van der Waals surface area (Å²) in [6.07, 6.45) is 2.87. The third kappa shape index (κ3) is 4.01. The van der Waals surface area contributed by atoms with Gasteiger partial charge in [0, 0.05) is 23.0 Å². The summed E-state index contributed by atoms with van der Waals surface area (Å²) in [6, 6.07) is 5.16. The number of nitrogens with one attached hydrogen (secondary N) is 1. The normalized spacial score (nSPS) is 23.5. The minimum atomic E-state index is -0.121. The maximum atomic E-state index is 13.9. The lowest BCUT2D eigenvalue weighted by molar-refractivity contribution is -0.00729. The van der Waals surface area contributed by atoms with Crippen molar-refractivity contribution in [2.75, 3.05) is 26.3 Å². The predicted molar refractivity (Wildman–Crippen MR) is 78.8 cm³/mol. The third-order valence-corrected chi connectivity index (χ3v) is 4.22. The van der Waals surface area contributed by atoms with E-state index in [1.807, 2.05) is 6.07 Å². The molecule has 1 fully saturated rings. The molecule has 2 nitrogen and oxygen atoms in total. The molecule has 1 heterocycles. The van der Waals surface area contributed by atoms with Crippen molar-refractivity contribution in [1.29, 1.82) is 0 Å². The zero-order valence-corrected chi connectivity index (χ0v) is 12.9. The van der Waals surface area contributed by atoms with Gasteiger partial charge in [-0.05, 0) is 49.6 Å². The monoisotopic (exact) mass is 329 g/mol. The molecule has 19 heavy (non-hydrogen) atoms. The maximum absolute atomic E-state index is 13.9. The predicted octanol–water partition coefficient (Wildman–Crippen LogP) is 3.54. The van der Waals surface area contributed by atoms with Gasteiger partial charge in [-0.1, -0.05) is 22.9 Å². The molecule has 1 aromatic rings. The van der Waals surface area contributed by atoms with E-state index in [2.05, 4.69) is 28.2 Å². The number of benzene rings is 1. The molecule has 1 atom stereocenters. The maximum Gasteiger partial charge on any atom is 0.126 e. The summed E-state index contributed by atoms with van der Waals surface area (Å²) < 4.78 is 20.5. The standard InChI is InChI=1S/C15H21BrFNO/c1-2-18-10-15(6-3-7-19-11-15)9-12-8-13(16)4-5-14(12)17/h4-5,8,18H,2-3,6-7,9-11H2,1H3. The van der Waals surface area contributed by atoms with Crippen LogP contribution in [-0.4, -0.2) is 26.3 Å². The first-order valence-electron chi connectivity index (χ1n) is 6.88. The van der Waals surface area contributed by atoms with Gasteiger partial charge in [0.05, 0.1) is 6.61 Å². The number of ether oxygens (including phenoxy) is 1. The lowest BCUT2D eigenvalue weighted by Gasteiger charge is -2.37. The van der Waals surface area contributed by atoms with Crippen LogP contribution in [0.15, 0.2) is 22.7 Å². The Morgan fingerprint density at radius 1 is 1.47 bits per heavy atom. The van der Waals surface area contributed by atoms with Crippen molar-refractivity contribution in [3.63, 3.8) is 0 Å². The second-order valence-electron chi connectivity index (χ2n) is 5.35. The van der Waals surface area contributed by atoms with Crippen molar-refractivity contribution in [3.05, 3.63) is 34.1 Å². The molecule has 1 unspecified atom stereocenters. The molecule has 0 aromatic heterocycles. The van der Waals surface area contributed by atoms with Crippen LogP contribution in [-0.2, 0) is 11.2 Å². The Balaban J connectivity index is 2.16. The van der Waals surface area contributed by atoms with E-state index < -0.39 is 0 Å². The first-order chi connectivity index (χ1) is 9.15. The Bertz CT molecular complexity index is 419. The molecule has 1 aromatic carbocycles. The van der Waals surface area contributed by atoms with Crippen LogP contribution in [0.25, 0.3) is 0 Å². The first-order valence-corrected chi connectivity index (χ1v) is 7.67. The highest BCUT2D eigenvalue weighted by molar-refractivity contribution is 9.10. The molecule has 0 spiro atoms. The van der Waals surface area contributed by atoms with E-state index in [9.17, 15) is 4.39 Å². The number of hydrogen-bond donors (Lipinski definition) is 1. The van der Waals surface area contributed by atoms with E-state index >= 15 is 0 Å². The summed E-state index contributed by atoms with van der Waals surface area (Å²) in [5.41, 5.74) is 0.799. The molecule has 4 heteroatoms. The van der Waals surface area contributed by atoms with Crippen LogP contribution in [0.4, 0.5) is 4.39 Å². The van der Waals surface area contributed by atoms with E-state index in [-0.39, 0.29) is 11.2 Å². The Labute approximate surface area is 122 Å². The third-order valence-electron chi connectivity index (χ3n) is 3.73. The van der Waals surface area contributed by atoms with Gasteiger partial charge in [-0.25, -0.2) is 4.39 Å². The average Bonchev–Trinajstić information content (AvgIpc) is 2.42. The molecule has 0 amide bonds. The fourth-order valence-electron chi connectivity index (χ4n) is 2.72. The zero-order valence-electron chi connectivity index (χ0n) is 11.3. The van der Waals surface area contributed by atoms with E-state index in [1.165, 1.54) is 6.07 Å². The fraction of sp³-hybridized carbons (Fsp3) is 0.600. The number of rotatable bonds is 5. The Hall–Kier alpha value is -0.450. The van der Waals surface area contributed by atoms with Crippen LogP contribution in [0.5, 0.6) is 0 Å². The van der Waals surface area contributed by atoms with Gasteiger partial charge in [-0.15, -0.1) is 0 Å². The lowest BCUT2D eigenvalue weighted by Crippen LogP contribution is -2.42. The first kappa shape index (κ1) is 14.9. The van der Waals surface area contributed by atoms with Gasteiger partial charge < -0.3 is 10.1 Å². The van der Waals surface area contributed by atoms with Crippen LogP contribution in [0.1, 0.15) is 25.3 Å². The summed E-state index contributed by atoms with van der Waals surface area (Å²) in [4.78, 5) is 0. The summed E-state index contributed by atoms with van der Waals surface area (Å²) in [5, 5.41) is 3.40. The van der Waals surface area contributed by atoms with Gasteiger partial charge >= 0.3 is 0 Å². The Kier molecular flexibility index (Phi) is 5.37. The van der Waals surface area contributed by atoms with E-state index in [0.29, 0.717) is 6.61 Å². The van der Waals surface area contributed by atoms with E-state index in [0.717, 1.165) is 49.0 Å². The highest BCUT2D eigenvalue weighted by Crippen LogP contribution is 2.33. The topological polar surface area (TPSA) is 21.3 Å². The molecular formula is C15H21BrFNO. The molecule has 2 rings (SSSR count). The largest absolute Gasteiger partial charge is 0.381 e. The van der Waals surface area contributed by atoms with Crippen LogP contribution < -0.4 is 5.32 Å². The molecule has 0 bridgehead atoms. The molecule has 1 saturated heterocycles. The number of halogens is 2. The Morgan fingerprint density at radius 2 is 2.32 bits per heavy atom. The summed E-state index contributed by atoms with van der Waals surface area (Å²) in [6.45, 7) is 5.45. The minimum Gasteiger partial charge on any atom is -0.381 e. The fourth-order valence-corrected chi connectivity index (χ4v) is 3.13. The van der Waals surface area contributed by atoms with Gasteiger partial charge in [0.1, 0.15) is 5.82 Å². The Morgan fingerprint density at radius 3 is 3.00 bits per heavy atom. The van der Waals surface area contributed by atoms with Crippen LogP contribution in [0, 0.1) is 11.2 Å². The van der Waals surface area contributed by atoms with E-state index in [1.54, 1.807) is 6.07 Å². The smallest absolute Gasteiger partial charge is 0.126 e. The van der Waals surface area contributed by atoms with Gasteiger partial charge in [0.25, 0.3) is 0 Å². The lowest BCUT2D eigenvalue weighted by atomic mass is 9.77. The SMILES string of the molecule is CCNCC1(Cc2cc(Br)ccc2F)CCCOC1. The second-order valence-corrected chi connectivity index (χ2v) is 6.26. The summed E-state index contributed by atoms with van der Waals surface area (Å²) in [5.74, 6) is -0.121. The van der Waals surface area contributed by atoms with Gasteiger partial charge in [0.2, 0.25) is 0 Å². The van der Waals surface area contributed by atoms with Crippen LogP contribution in [0.3, 0.4) is 0 Å². The molecule has 0 radical (unpaired) electrons. The van der Waals surface area contributed by atoms with Gasteiger partial charge in [-0.2, -0.15) is 0 Å². The van der Waals surface area contributed by atoms with Crippen molar-refractivity contribution in [3.8, 4) is 0 Å². The van der Waals surface area contributed by atoms with Crippen molar-refractivity contribution in [2.24, 2.45) is 5.41 Å². The molecule has 1 aliphatic rings. The average molecular weight is 330 g/mol. The highest BCUT2D eigenvalue weighted by Gasteiger charge is 2.33. The van der Waals surface area contributed by atoms with Crippen molar-refractivity contribution in [2.45, 2.75) is 26.2 Å². The van der Waals surface area contributed by atoms with Crippen LogP contribution in [0.2, 0.25) is 0 Å². The zero-order chi connectivity index (χ0) is 13.7. The minimum absolute atomic E-state index is 0.0237. The van der Waals surface area contributed by atoms with Crippen molar-refractivity contribution >= 4 is 15.9 Å².